The van der Waals surface area contributed by atoms with E-state index in [1.807, 2.05) is 12.1 Å². The Kier molecular flexibility index (Phi) is 8.32. The fourth-order valence-corrected chi connectivity index (χ4v) is 5.58. The largest absolute Gasteiger partial charge is 0.486 e. The highest BCUT2D eigenvalue weighted by Crippen LogP contribution is 2.35. The average Bonchev–Trinajstić information content (AvgIpc) is 3.20. The summed E-state index contributed by atoms with van der Waals surface area (Å²) in [7, 11) is 0. The van der Waals surface area contributed by atoms with Crippen LogP contribution in [0, 0.1) is 3.57 Å². The fourth-order valence-electron chi connectivity index (χ4n) is 2.99. The zero-order valence-corrected chi connectivity index (χ0v) is 23.6. The van der Waals surface area contributed by atoms with Crippen LogP contribution in [0.3, 0.4) is 0 Å². The van der Waals surface area contributed by atoms with Crippen molar-refractivity contribution in [3.63, 3.8) is 0 Å². The van der Waals surface area contributed by atoms with Crippen LogP contribution in [0.4, 0.5) is 0 Å². The van der Waals surface area contributed by atoms with E-state index in [4.69, 9.17) is 55.6 Å². The van der Waals surface area contributed by atoms with Gasteiger partial charge in [-0.25, -0.2) is 5.43 Å². The first-order valence-corrected chi connectivity index (χ1v) is 12.9. The third-order valence-corrected chi connectivity index (χ3v) is 7.09. The Bertz CT molecular complexity index is 1420. The molecule has 0 unspecified atom stereocenters. The van der Waals surface area contributed by atoms with E-state index in [0.29, 0.717) is 26.9 Å². The SMILES string of the molecule is O=C(N/N=C\c1cc(Cl)c(OCc2ccc(Cl)c(Cl)c2)c(Cl)c1)c1cc2cc(Br)cc(I)c2o1. The van der Waals surface area contributed by atoms with Crippen LogP contribution in [0.2, 0.25) is 20.1 Å². The summed E-state index contributed by atoms with van der Waals surface area (Å²) < 4.78 is 13.2. The van der Waals surface area contributed by atoms with Crippen LogP contribution in [-0.4, -0.2) is 12.1 Å². The van der Waals surface area contributed by atoms with Crippen LogP contribution in [-0.2, 0) is 6.61 Å². The van der Waals surface area contributed by atoms with Crippen LogP contribution in [0.15, 0.2) is 62.5 Å². The predicted octanol–water partition coefficient (Wildman–Crippen LogP) is 8.76. The Hall–Kier alpha value is -1.49. The van der Waals surface area contributed by atoms with E-state index < -0.39 is 5.91 Å². The van der Waals surface area contributed by atoms with E-state index >= 15 is 0 Å². The lowest BCUT2D eigenvalue weighted by molar-refractivity contribution is 0.0929. The van der Waals surface area contributed by atoms with Crippen LogP contribution in [0.5, 0.6) is 5.75 Å². The molecule has 11 heteroatoms. The average molecular weight is 713 g/mol. The van der Waals surface area contributed by atoms with Crippen molar-refractivity contribution in [2.75, 3.05) is 0 Å². The van der Waals surface area contributed by atoms with E-state index in [2.05, 4.69) is 49.0 Å². The number of benzene rings is 3. The number of nitrogens with one attached hydrogen (secondary N) is 1. The van der Waals surface area contributed by atoms with Gasteiger partial charge in [0.25, 0.3) is 0 Å². The first kappa shape index (κ1) is 25.6. The number of hydrogen-bond acceptors (Lipinski definition) is 4. The molecule has 0 aliphatic rings. The second-order valence-electron chi connectivity index (χ2n) is 6.97. The van der Waals surface area contributed by atoms with E-state index in [1.165, 1.54) is 6.21 Å². The minimum atomic E-state index is -0.488. The molecule has 0 spiro atoms. The lowest BCUT2D eigenvalue weighted by Gasteiger charge is -2.11. The van der Waals surface area contributed by atoms with Crippen LogP contribution < -0.4 is 10.2 Å². The second kappa shape index (κ2) is 11.1. The Balaban J connectivity index is 1.42. The van der Waals surface area contributed by atoms with Crippen molar-refractivity contribution in [1.82, 2.24) is 5.43 Å². The summed E-state index contributed by atoms with van der Waals surface area (Å²) in [5.74, 6) is -0.0259. The van der Waals surface area contributed by atoms with Crippen LogP contribution in [0.1, 0.15) is 21.7 Å². The quantitative estimate of drug-likeness (QED) is 0.124. The van der Waals surface area contributed by atoms with Crippen molar-refractivity contribution in [3.8, 4) is 5.75 Å². The first-order chi connectivity index (χ1) is 16.2. The molecule has 0 fully saturated rings. The molecule has 0 aliphatic heterocycles. The molecule has 0 radical (unpaired) electrons. The molecule has 0 bridgehead atoms. The first-order valence-electron chi connectivity index (χ1n) is 9.49. The number of furan rings is 1. The number of rotatable bonds is 6. The molecule has 1 amide bonds. The summed E-state index contributed by atoms with van der Waals surface area (Å²) in [5, 5.41) is 6.25. The number of carbonyl (C=O) groups excluding carboxylic acids is 1. The van der Waals surface area contributed by atoms with Gasteiger partial charge < -0.3 is 9.15 Å². The standard InChI is InChI=1S/C23H12BrCl4IN2O3/c24-14-6-13-7-20(34-21(13)19(29)8-14)23(32)31-30-9-12-4-17(27)22(18(28)5-12)33-10-11-1-2-15(25)16(26)3-11/h1-9H,10H2,(H,31,32)/b30-9-. The Morgan fingerprint density at radius 3 is 2.47 bits per heavy atom. The number of carbonyl (C=O) groups is 1. The molecule has 0 saturated carbocycles. The minimum absolute atomic E-state index is 0.144. The highest BCUT2D eigenvalue weighted by Gasteiger charge is 2.14. The van der Waals surface area contributed by atoms with Gasteiger partial charge in [-0.05, 0) is 76.2 Å². The maximum atomic E-state index is 12.4. The second-order valence-corrected chi connectivity index (χ2v) is 10.7. The van der Waals surface area contributed by atoms with Gasteiger partial charge in [0, 0.05) is 9.86 Å². The lowest BCUT2D eigenvalue weighted by Crippen LogP contribution is -2.16. The van der Waals surface area contributed by atoms with E-state index in [1.54, 1.807) is 36.4 Å². The highest BCUT2D eigenvalue weighted by atomic mass is 127. The Morgan fingerprint density at radius 2 is 1.76 bits per heavy atom. The predicted molar refractivity (Wildman–Crippen MR) is 149 cm³/mol. The monoisotopic (exact) mass is 710 g/mol. The number of fused-ring (bicyclic) bond motifs is 1. The topological polar surface area (TPSA) is 63.8 Å². The van der Waals surface area contributed by atoms with Crippen molar-refractivity contribution >= 4 is 108 Å². The van der Waals surface area contributed by atoms with Gasteiger partial charge in [-0.2, -0.15) is 5.10 Å². The van der Waals surface area contributed by atoms with E-state index in [9.17, 15) is 4.79 Å². The molecule has 174 valence electrons. The number of nitrogens with zero attached hydrogens (tertiary/aromatic N) is 1. The van der Waals surface area contributed by atoms with Gasteiger partial charge in [0.15, 0.2) is 11.5 Å². The summed E-state index contributed by atoms with van der Waals surface area (Å²) in [4.78, 5) is 12.4. The number of ether oxygens (including phenoxy) is 1. The van der Waals surface area contributed by atoms with Gasteiger partial charge in [-0.1, -0.05) is 68.4 Å². The lowest BCUT2D eigenvalue weighted by atomic mass is 10.2. The molecule has 1 aromatic heterocycles. The Morgan fingerprint density at radius 1 is 1.03 bits per heavy atom. The van der Waals surface area contributed by atoms with Gasteiger partial charge in [0.05, 0.1) is 29.9 Å². The van der Waals surface area contributed by atoms with Gasteiger partial charge in [-0.3, -0.25) is 4.79 Å². The normalized spacial score (nSPS) is 11.4. The van der Waals surface area contributed by atoms with Crippen molar-refractivity contribution in [1.29, 1.82) is 0 Å². The summed E-state index contributed by atoms with van der Waals surface area (Å²) in [5.41, 5.74) is 4.44. The molecular weight excluding hydrogens is 701 g/mol. The third-order valence-electron chi connectivity index (χ3n) is 4.53. The molecule has 0 aliphatic carbocycles. The molecule has 1 N–H and O–H groups in total. The number of halogens is 6. The molecular formula is C23H12BrCl4IN2O3. The molecule has 1 heterocycles. The van der Waals surface area contributed by atoms with Crippen molar-refractivity contribution in [2.45, 2.75) is 6.61 Å². The van der Waals surface area contributed by atoms with Crippen molar-refractivity contribution < 1.29 is 13.9 Å². The molecule has 0 atom stereocenters. The molecule has 4 aromatic rings. The summed E-state index contributed by atoms with van der Waals surface area (Å²) in [6, 6.07) is 13.8. The number of amides is 1. The van der Waals surface area contributed by atoms with Crippen molar-refractivity contribution in [3.05, 3.63) is 93.6 Å². The number of hydrogen-bond donors (Lipinski definition) is 1. The van der Waals surface area contributed by atoms with Gasteiger partial charge in [-0.15, -0.1) is 0 Å². The van der Waals surface area contributed by atoms with E-state index in [0.717, 1.165) is 19.0 Å². The van der Waals surface area contributed by atoms with Crippen LogP contribution >= 0.6 is 84.9 Å². The van der Waals surface area contributed by atoms with Gasteiger partial charge in [0.1, 0.15) is 12.2 Å². The fraction of sp³-hybridized carbons (Fsp3) is 0.0435. The van der Waals surface area contributed by atoms with Gasteiger partial charge >= 0.3 is 5.91 Å². The molecule has 0 saturated heterocycles. The summed E-state index contributed by atoms with van der Waals surface area (Å²) in [6.45, 7) is 0.201. The zero-order chi connectivity index (χ0) is 24.4. The molecule has 4 rings (SSSR count). The van der Waals surface area contributed by atoms with Crippen molar-refractivity contribution in [2.24, 2.45) is 5.10 Å². The number of hydrazone groups is 1. The summed E-state index contributed by atoms with van der Waals surface area (Å²) >= 11 is 30.2. The zero-order valence-electron chi connectivity index (χ0n) is 16.8. The molecule has 3 aromatic carbocycles. The van der Waals surface area contributed by atoms with Crippen LogP contribution in [0.25, 0.3) is 11.0 Å². The van der Waals surface area contributed by atoms with E-state index in [-0.39, 0.29) is 22.4 Å². The maximum Gasteiger partial charge on any atom is 0.307 e. The molecule has 5 nitrogen and oxygen atoms in total. The summed E-state index contributed by atoms with van der Waals surface area (Å²) in [6.07, 6.45) is 1.42. The third kappa shape index (κ3) is 6.01. The maximum absolute atomic E-state index is 12.4. The highest BCUT2D eigenvalue weighted by molar-refractivity contribution is 14.1. The Labute approximate surface area is 236 Å². The minimum Gasteiger partial charge on any atom is -0.486 e. The van der Waals surface area contributed by atoms with Gasteiger partial charge in [0.2, 0.25) is 0 Å². The smallest absolute Gasteiger partial charge is 0.307 e. The molecule has 34 heavy (non-hydrogen) atoms.